The summed E-state index contributed by atoms with van der Waals surface area (Å²) >= 11 is 0. The molecule has 0 bridgehead atoms. The van der Waals surface area contributed by atoms with E-state index in [-0.39, 0.29) is 17.2 Å². The first-order valence-corrected chi connectivity index (χ1v) is 8.87. The molecule has 0 atom stereocenters. The van der Waals surface area contributed by atoms with Crippen molar-refractivity contribution in [1.29, 1.82) is 0 Å². The van der Waals surface area contributed by atoms with Crippen molar-refractivity contribution in [3.63, 3.8) is 0 Å². The van der Waals surface area contributed by atoms with Gasteiger partial charge < -0.3 is 19.9 Å². The Labute approximate surface area is 158 Å². The molecule has 6 nitrogen and oxygen atoms in total. The van der Waals surface area contributed by atoms with E-state index in [9.17, 15) is 14.7 Å². The third kappa shape index (κ3) is 3.60. The number of carbonyl (C=O) groups excluding carboxylic acids is 1. The third-order valence-electron chi connectivity index (χ3n) is 5.22. The fourth-order valence-corrected chi connectivity index (χ4v) is 3.73. The molecule has 3 rings (SSSR count). The summed E-state index contributed by atoms with van der Waals surface area (Å²) in [5, 5.41) is 12.1. The molecule has 142 valence electrons. The van der Waals surface area contributed by atoms with E-state index in [1.54, 1.807) is 13.2 Å². The summed E-state index contributed by atoms with van der Waals surface area (Å²) in [7, 11) is 3.02. The number of carbonyl (C=O) groups is 2. The largest absolute Gasteiger partial charge is 0.497 e. The summed E-state index contributed by atoms with van der Waals surface area (Å²) in [5.41, 5.74) is 0.945. The summed E-state index contributed by atoms with van der Waals surface area (Å²) in [4.78, 5) is 24.4. The number of methoxy groups -OCH3 is 2. The Morgan fingerprint density at radius 1 is 1.00 bits per heavy atom. The number of amides is 1. The van der Waals surface area contributed by atoms with Crippen LogP contribution in [-0.4, -0.2) is 31.2 Å². The fraction of sp³-hybridized carbons (Fsp3) is 0.333. The Bertz CT molecular complexity index is 838. The lowest BCUT2D eigenvalue weighted by Gasteiger charge is -2.28. The highest BCUT2D eigenvalue weighted by Gasteiger charge is 2.42. The minimum absolute atomic E-state index is 0.0567. The van der Waals surface area contributed by atoms with Crippen molar-refractivity contribution >= 4 is 17.6 Å². The van der Waals surface area contributed by atoms with Gasteiger partial charge in [0.1, 0.15) is 17.1 Å². The highest BCUT2D eigenvalue weighted by molar-refractivity contribution is 6.00. The topological polar surface area (TPSA) is 84.9 Å². The zero-order valence-corrected chi connectivity index (χ0v) is 15.5. The van der Waals surface area contributed by atoms with Crippen LogP contribution in [0.15, 0.2) is 42.5 Å². The zero-order valence-electron chi connectivity index (χ0n) is 15.5. The van der Waals surface area contributed by atoms with Gasteiger partial charge in [-0.05, 0) is 42.7 Å². The van der Waals surface area contributed by atoms with Gasteiger partial charge in [0.05, 0.1) is 19.6 Å². The second kappa shape index (κ2) is 7.70. The van der Waals surface area contributed by atoms with Crippen molar-refractivity contribution in [2.45, 2.75) is 31.1 Å². The van der Waals surface area contributed by atoms with Crippen molar-refractivity contribution in [3.8, 4) is 11.5 Å². The summed E-state index contributed by atoms with van der Waals surface area (Å²) in [5.74, 6) is -0.197. The smallest absolute Gasteiger partial charge is 0.339 e. The van der Waals surface area contributed by atoms with Crippen LogP contribution < -0.4 is 14.8 Å². The van der Waals surface area contributed by atoms with E-state index in [0.29, 0.717) is 5.69 Å². The number of hydrogen-bond acceptors (Lipinski definition) is 4. The fourth-order valence-electron chi connectivity index (χ4n) is 3.73. The van der Waals surface area contributed by atoms with Gasteiger partial charge in [0.15, 0.2) is 0 Å². The summed E-state index contributed by atoms with van der Waals surface area (Å²) in [6.45, 7) is 0. The molecule has 0 spiro atoms. The molecule has 2 N–H and O–H groups in total. The number of benzene rings is 2. The molecule has 1 aliphatic carbocycles. The van der Waals surface area contributed by atoms with Crippen molar-refractivity contribution in [2.24, 2.45) is 0 Å². The van der Waals surface area contributed by atoms with E-state index in [1.165, 1.54) is 19.2 Å². The Balaban J connectivity index is 1.89. The number of nitrogens with one attached hydrogen (secondary N) is 1. The maximum Gasteiger partial charge on any atom is 0.339 e. The zero-order chi connectivity index (χ0) is 19.4. The van der Waals surface area contributed by atoms with E-state index in [4.69, 9.17) is 9.47 Å². The van der Waals surface area contributed by atoms with Crippen molar-refractivity contribution in [3.05, 3.63) is 53.6 Å². The van der Waals surface area contributed by atoms with Gasteiger partial charge in [-0.25, -0.2) is 4.79 Å². The first-order valence-electron chi connectivity index (χ1n) is 8.87. The van der Waals surface area contributed by atoms with Crippen LogP contribution >= 0.6 is 0 Å². The molecule has 0 heterocycles. The molecule has 1 fully saturated rings. The van der Waals surface area contributed by atoms with Gasteiger partial charge in [-0.1, -0.05) is 25.0 Å². The van der Waals surface area contributed by atoms with Crippen LogP contribution in [0.4, 0.5) is 5.69 Å². The molecule has 0 unspecified atom stereocenters. The Kier molecular flexibility index (Phi) is 5.35. The number of rotatable bonds is 6. The SMILES string of the molecule is COc1ccc(C2(C(=O)Nc3ccc(C(=O)O)c(OC)c3)CCCC2)cc1. The average Bonchev–Trinajstić information content (AvgIpc) is 3.19. The Morgan fingerprint density at radius 2 is 1.67 bits per heavy atom. The van der Waals surface area contributed by atoms with Crippen molar-refractivity contribution in [1.82, 2.24) is 0 Å². The molecule has 0 radical (unpaired) electrons. The quantitative estimate of drug-likeness (QED) is 0.808. The molecule has 0 aliphatic heterocycles. The second-order valence-electron chi connectivity index (χ2n) is 6.69. The number of anilines is 1. The number of aromatic carboxylic acids is 1. The monoisotopic (exact) mass is 369 g/mol. The van der Waals surface area contributed by atoms with Gasteiger partial charge in [0.2, 0.25) is 5.91 Å². The molecule has 0 saturated heterocycles. The highest BCUT2D eigenvalue weighted by Crippen LogP contribution is 2.42. The number of carboxylic acids is 1. The van der Waals surface area contributed by atoms with E-state index in [0.717, 1.165) is 37.0 Å². The number of ether oxygens (including phenoxy) is 2. The van der Waals surface area contributed by atoms with Crippen molar-refractivity contribution in [2.75, 3.05) is 19.5 Å². The van der Waals surface area contributed by atoms with Gasteiger partial charge in [-0.3, -0.25) is 4.79 Å². The van der Waals surface area contributed by atoms with E-state index >= 15 is 0 Å². The second-order valence-corrected chi connectivity index (χ2v) is 6.69. The Morgan fingerprint density at radius 3 is 2.22 bits per heavy atom. The van der Waals surface area contributed by atoms with Crippen LogP contribution in [0.1, 0.15) is 41.6 Å². The maximum absolute atomic E-state index is 13.2. The van der Waals surface area contributed by atoms with Gasteiger partial charge in [-0.2, -0.15) is 0 Å². The molecule has 1 aliphatic rings. The summed E-state index contributed by atoms with van der Waals surface area (Å²) < 4.78 is 10.4. The minimum Gasteiger partial charge on any atom is -0.497 e. The van der Waals surface area contributed by atoms with E-state index in [1.807, 2.05) is 24.3 Å². The molecule has 2 aromatic rings. The molecule has 6 heteroatoms. The number of hydrogen-bond donors (Lipinski definition) is 2. The van der Waals surface area contributed by atoms with Crippen LogP contribution in [0.5, 0.6) is 11.5 Å². The average molecular weight is 369 g/mol. The Hall–Kier alpha value is -3.02. The number of carboxylic acid groups (broad SMARTS) is 1. The summed E-state index contributed by atoms with van der Waals surface area (Å²) in [6.07, 6.45) is 3.52. The van der Waals surface area contributed by atoms with Crippen LogP contribution in [0.25, 0.3) is 0 Å². The molecule has 1 amide bonds. The predicted octanol–water partition coefficient (Wildman–Crippen LogP) is 3.85. The molecule has 1 saturated carbocycles. The highest BCUT2D eigenvalue weighted by atomic mass is 16.5. The molecular weight excluding hydrogens is 346 g/mol. The molecule has 2 aromatic carbocycles. The van der Waals surface area contributed by atoms with Crippen LogP contribution in [0.3, 0.4) is 0 Å². The molecular formula is C21H23NO5. The maximum atomic E-state index is 13.2. The van der Waals surface area contributed by atoms with Gasteiger partial charge in [-0.15, -0.1) is 0 Å². The van der Waals surface area contributed by atoms with Gasteiger partial charge in [0.25, 0.3) is 0 Å². The third-order valence-corrected chi connectivity index (χ3v) is 5.22. The first-order chi connectivity index (χ1) is 13.0. The van der Waals surface area contributed by atoms with Crippen LogP contribution in [0.2, 0.25) is 0 Å². The van der Waals surface area contributed by atoms with E-state index in [2.05, 4.69) is 5.32 Å². The van der Waals surface area contributed by atoms with Crippen LogP contribution in [0, 0.1) is 0 Å². The lowest BCUT2D eigenvalue weighted by molar-refractivity contribution is -0.121. The molecule has 0 aromatic heterocycles. The predicted molar refractivity (Wildman–Crippen MR) is 102 cm³/mol. The summed E-state index contributed by atoms with van der Waals surface area (Å²) in [6, 6.07) is 12.2. The first kappa shape index (κ1) is 18.8. The van der Waals surface area contributed by atoms with Crippen molar-refractivity contribution < 1.29 is 24.2 Å². The van der Waals surface area contributed by atoms with Crippen LogP contribution in [-0.2, 0) is 10.2 Å². The van der Waals surface area contributed by atoms with Gasteiger partial charge >= 0.3 is 5.97 Å². The normalized spacial score (nSPS) is 15.2. The standard InChI is InChI=1S/C21H23NO5/c1-26-16-8-5-14(6-9-16)21(11-3-4-12-21)20(25)22-15-7-10-17(19(23)24)18(13-15)27-2/h5-10,13H,3-4,11-12H2,1-2H3,(H,22,25)(H,23,24). The lowest BCUT2D eigenvalue weighted by atomic mass is 9.78. The lowest BCUT2D eigenvalue weighted by Crippen LogP contribution is -2.38. The minimum atomic E-state index is -1.07. The van der Waals surface area contributed by atoms with E-state index < -0.39 is 11.4 Å². The van der Waals surface area contributed by atoms with Gasteiger partial charge in [0, 0.05) is 11.8 Å². The molecule has 27 heavy (non-hydrogen) atoms.